The molecule has 2 aromatic carbocycles. The number of fused-ring (bicyclic) bond motifs is 1. The number of carbonyl (C=O) groups is 1. The summed E-state index contributed by atoms with van der Waals surface area (Å²) in [6, 6.07) is 16.0. The third kappa shape index (κ3) is 4.30. The van der Waals surface area contributed by atoms with Gasteiger partial charge in [0.05, 0.1) is 5.75 Å². The molecule has 1 amide bonds. The molecule has 8 nitrogen and oxygen atoms in total. The van der Waals surface area contributed by atoms with Gasteiger partial charge in [-0.05, 0) is 24.3 Å². The number of thioether (sulfide) groups is 1. The van der Waals surface area contributed by atoms with Crippen LogP contribution >= 0.6 is 23.4 Å². The number of nitrogens with one attached hydrogen (secondary N) is 1. The number of hydrogen-bond donors (Lipinski definition) is 1. The number of halogens is 1. The lowest BCUT2D eigenvalue weighted by Gasteiger charge is -2.12. The molecular weight excluding hydrogens is 450 g/mol. The van der Waals surface area contributed by atoms with Crippen molar-refractivity contribution in [1.82, 2.24) is 19.1 Å². The number of rotatable bonds is 5. The molecule has 0 saturated heterocycles. The highest BCUT2D eigenvalue weighted by molar-refractivity contribution is 8.00. The summed E-state index contributed by atoms with van der Waals surface area (Å²) in [5.74, 6) is 0.101. The molecule has 0 saturated carbocycles. The van der Waals surface area contributed by atoms with Crippen LogP contribution < -0.4 is 16.6 Å². The van der Waals surface area contributed by atoms with E-state index in [2.05, 4.69) is 15.3 Å². The summed E-state index contributed by atoms with van der Waals surface area (Å²) in [5.41, 5.74) is 0.554. The number of hydrogen-bond acceptors (Lipinski definition) is 6. The van der Waals surface area contributed by atoms with Crippen molar-refractivity contribution in [3.05, 3.63) is 80.5 Å². The summed E-state index contributed by atoms with van der Waals surface area (Å²) in [4.78, 5) is 46.9. The number of aromatic nitrogens is 4. The van der Waals surface area contributed by atoms with E-state index in [1.165, 1.54) is 11.6 Å². The van der Waals surface area contributed by atoms with Crippen LogP contribution in [0.1, 0.15) is 0 Å². The smallest absolute Gasteiger partial charge is 0.325 e. The normalized spacial score (nSPS) is 11.0. The van der Waals surface area contributed by atoms with Crippen molar-refractivity contribution in [2.45, 2.75) is 5.03 Å². The van der Waals surface area contributed by atoms with Crippen molar-refractivity contribution < 1.29 is 4.79 Å². The Kier molecular flexibility index (Phi) is 6.11. The Morgan fingerprint density at radius 2 is 1.69 bits per heavy atom. The summed E-state index contributed by atoms with van der Waals surface area (Å²) >= 11 is 6.98. The zero-order valence-corrected chi connectivity index (χ0v) is 18.8. The van der Waals surface area contributed by atoms with Crippen LogP contribution in [0.3, 0.4) is 0 Å². The fourth-order valence-corrected chi connectivity index (χ4v) is 4.05. The highest BCUT2D eigenvalue weighted by Crippen LogP contribution is 2.26. The molecule has 2 heterocycles. The molecule has 0 spiro atoms. The Bertz CT molecular complexity index is 1430. The van der Waals surface area contributed by atoms with Crippen LogP contribution in [0.5, 0.6) is 0 Å². The van der Waals surface area contributed by atoms with Crippen molar-refractivity contribution >= 4 is 46.0 Å². The fraction of sp³-hybridized carbons (Fsp3) is 0.136. The summed E-state index contributed by atoms with van der Waals surface area (Å²) in [7, 11) is 2.95. The van der Waals surface area contributed by atoms with Crippen LogP contribution in [-0.2, 0) is 18.9 Å². The predicted molar refractivity (Wildman–Crippen MR) is 126 cm³/mol. The molecule has 10 heteroatoms. The van der Waals surface area contributed by atoms with Gasteiger partial charge in [0.15, 0.2) is 11.5 Å². The molecule has 0 fully saturated rings. The van der Waals surface area contributed by atoms with Gasteiger partial charge in [-0.3, -0.25) is 18.7 Å². The first kappa shape index (κ1) is 21.8. The monoisotopic (exact) mass is 467 g/mol. The average Bonchev–Trinajstić information content (AvgIpc) is 2.81. The van der Waals surface area contributed by atoms with Crippen LogP contribution in [0, 0.1) is 0 Å². The van der Waals surface area contributed by atoms with Crippen LogP contribution in [-0.4, -0.2) is 30.8 Å². The molecule has 32 heavy (non-hydrogen) atoms. The first-order valence-corrected chi connectivity index (χ1v) is 10.9. The highest BCUT2D eigenvalue weighted by atomic mass is 35.5. The van der Waals surface area contributed by atoms with Gasteiger partial charge in [-0.1, -0.05) is 53.7 Å². The van der Waals surface area contributed by atoms with Gasteiger partial charge in [-0.25, -0.2) is 14.8 Å². The van der Waals surface area contributed by atoms with Crippen LogP contribution in [0.25, 0.3) is 22.4 Å². The molecule has 1 N–H and O–H groups in total. The van der Waals surface area contributed by atoms with E-state index in [1.807, 2.05) is 30.3 Å². The second kappa shape index (κ2) is 8.97. The molecule has 0 aliphatic rings. The van der Waals surface area contributed by atoms with Gasteiger partial charge in [0.2, 0.25) is 5.91 Å². The molecule has 0 unspecified atom stereocenters. The zero-order chi connectivity index (χ0) is 22.8. The van der Waals surface area contributed by atoms with E-state index < -0.39 is 11.2 Å². The van der Waals surface area contributed by atoms with E-state index in [0.717, 1.165) is 21.9 Å². The second-order valence-electron chi connectivity index (χ2n) is 6.97. The second-order valence-corrected chi connectivity index (χ2v) is 8.37. The Morgan fingerprint density at radius 3 is 2.38 bits per heavy atom. The van der Waals surface area contributed by atoms with Crippen LogP contribution in [0.15, 0.2) is 69.2 Å². The Hall–Kier alpha value is -3.43. The van der Waals surface area contributed by atoms with Crippen molar-refractivity contribution in [1.29, 1.82) is 0 Å². The van der Waals surface area contributed by atoms with Crippen LogP contribution in [0.4, 0.5) is 5.69 Å². The van der Waals surface area contributed by atoms with Gasteiger partial charge in [0, 0.05) is 30.4 Å². The van der Waals surface area contributed by atoms with Gasteiger partial charge in [-0.2, -0.15) is 0 Å². The first-order valence-electron chi connectivity index (χ1n) is 9.56. The Labute approximate surface area is 191 Å². The first-order chi connectivity index (χ1) is 15.3. The van der Waals surface area contributed by atoms with Gasteiger partial charge in [-0.15, -0.1) is 0 Å². The topological polar surface area (TPSA) is 98.9 Å². The molecule has 2 aromatic heterocycles. The molecule has 4 rings (SSSR count). The van der Waals surface area contributed by atoms with Crippen molar-refractivity contribution in [2.24, 2.45) is 14.1 Å². The fourth-order valence-electron chi connectivity index (χ4n) is 3.11. The number of aryl methyl sites for hydroxylation is 1. The van der Waals surface area contributed by atoms with E-state index in [4.69, 9.17) is 11.6 Å². The molecule has 0 radical (unpaired) electrons. The molecule has 4 aromatic rings. The Morgan fingerprint density at radius 1 is 1.00 bits per heavy atom. The molecular formula is C22H18ClN5O3S. The predicted octanol–water partition coefficient (Wildman–Crippen LogP) is 3.08. The average molecular weight is 468 g/mol. The zero-order valence-electron chi connectivity index (χ0n) is 17.2. The van der Waals surface area contributed by atoms with Gasteiger partial charge in [0.25, 0.3) is 5.56 Å². The number of nitrogens with zero attached hydrogens (tertiary/aromatic N) is 4. The summed E-state index contributed by atoms with van der Waals surface area (Å²) in [5, 5.41) is 3.87. The van der Waals surface area contributed by atoms with Crippen molar-refractivity contribution in [3.63, 3.8) is 0 Å². The van der Waals surface area contributed by atoms with Crippen molar-refractivity contribution in [3.8, 4) is 11.4 Å². The van der Waals surface area contributed by atoms with E-state index in [9.17, 15) is 14.4 Å². The number of carbonyl (C=O) groups excluding carboxylic acids is 1. The van der Waals surface area contributed by atoms with Gasteiger partial charge >= 0.3 is 5.69 Å². The van der Waals surface area contributed by atoms with Crippen LogP contribution in [0.2, 0.25) is 5.02 Å². The summed E-state index contributed by atoms with van der Waals surface area (Å²) < 4.78 is 2.31. The van der Waals surface area contributed by atoms with Gasteiger partial charge in [0.1, 0.15) is 10.4 Å². The number of anilines is 1. The minimum absolute atomic E-state index is 0.00889. The van der Waals surface area contributed by atoms with Gasteiger partial charge < -0.3 is 5.32 Å². The third-order valence-electron chi connectivity index (χ3n) is 4.77. The molecule has 0 aliphatic carbocycles. The van der Waals surface area contributed by atoms with E-state index >= 15 is 0 Å². The maximum absolute atomic E-state index is 12.9. The third-order valence-corrected chi connectivity index (χ3v) is 5.99. The summed E-state index contributed by atoms with van der Waals surface area (Å²) in [6.45, 7) is 0. The van der Waals surface area contributed by atoms with E-state index in [0.29, 0.717) is 21.6 Å². The number of benzene rings is 2. The standard InChI is InChI=1S/C22H18ClN5O3S/c1-27-19-17(21(30)28(2)22(27)31)20(26-18(25-19)13-6-4-3-5-7-13)32-12-16(29)24-15-10-8-14(23)9-11-15/h3-11H,12H2,1-2H3,(H,24,29). The molecule has 0 aliphatic heterocycles. The van der Waals surface area contributed by atoms with E-state index in [-0.39, 0.29) is 22.7 Å². The maximum Gasteiger partial charge on any atom is 0.332 e. The largest absolute Gasteiger partial charge is 0.332 e. The lowest BCUT2D eigenvalue weighted by Crippen LogP contribution is -2.37. The Balaban J connectivity index is 1.75. The molecule has 162 valence electrons. The lowest BCUT2D eigenvalue weighted by molar-refractivity contribution is -0.113. The molecule has 0 atom stereocenters. The maximum atomic E-state index is 12.9. The SMILES string of the molecule is Cn1c(=O)c2c(SCC(=O)Nc3ccc(Cl)cc3)nc(-c3ccccc3)nc2n(C)c1=O. The minimum Gasteiger partial charge on any atom is -0.325 e. The minimum atomic E-state index is -0.511. The lowest BCUT2D eigenvalue weighted by atomic mass is 10.2. The molecule has 0 bridgehead atoms. The van der Waals surface area contributed by atoms with Crippen molar-refractivity contribution in [2.75, 3.05) is 11.1 Å². The quantitative estimate of drug-likeness (QED) is 0.357. The number of amides is 1. The van der Waals surface area contributed by atoms with E-state index in [1.54, 1.807) is 31.3 Å². The highest BCUT2D eigenvalue weighted by Gasteiger charge is 2.19. The summed E-state index contributed by atoms with van der Waals surface area (Å²) in [6.07, 6.45) is 0.